The Balaban J connectivity index is 1.85. The van der Waals surface area contributed by atoms with Gasteiger partial charge in [0.15, 0.2) is 0 Å². The van der Waals surface area contributed by atoms with Crippen LogP contribution in [0.15, 0.2) is 24.3 Å². The van der Waals surface area contributed by atoms with Gasteiger partial charge in [0, 0.05) is 12.2 Å². The molecule has 0 aromatic heterocycles. The summed E-state index contributed by atoms with van der Waals surface area (Å²) in [6.45, 7) is 2.95. The number of hydrogen-bond acceptors (Lipinski definition) is 4. The van der Waals surface area contributed by atoms with E-state index in [-0.39, 0.29) is 18.1 Å². The first-order valence-corrected chi connectivity index (χ1v) is 8.62. The molecule has 128 valence electrons. The van der Waals surface area contributed by atoms with Gasteiger partial charge in [-0.3, -0.25) is 4.79 Å². The number of rotatable bonds is 8. The molecule has 1 fully saturated rings. The van der Waals surface area contributed by atoms with E-state index < -0.39 is 0 Å². The Morgan fingerprint density at radius 3 is 2.57 bits per heavy atom. The highest BCUT2D eigenvalue weighted by Gasteiger charge is 2.23. The minimum atomic E-state index is -0.383. The zero-order chi connectivity index (χ0) is 16.5. The Kier molecular flexibility index (Phi) is 7.36. The highest BCUT2D eigenvalue weighted by molar-refractivity contribution is 5.94. The summed E-state index contributed by atoms with van der Waals surface area (Å²) < 4.78 is 11.4. The van der Waals surface area contributed by atoms with Crippen LogP contribution >= 0.6 is 0 Å². The minimum absolute atomic E-state index is 0.0753. The average Bonchev–Trinajstić information content (AvgIpc) is 2.60. The van der Waals surface area contributed by atoms with Gasteiger partial charge in [-0.05, 0) is 43.5 Å². The summed E-state index contributed by atoms with van der Waals surface area (Å²) in [5.74, 6) is 0.674. The second-order valence-electron chi connectivity index (χ2n) is 5.94. The van der Waals surface area contributed by atoms with Gasteiger partial charge in [-0.25, -0.2) is 0 Å². The molecule has 0 saturated heterocycles. The number of hydrogen-bond donors (Lipinski definition) is 2. The van der Waals surface area contributed by atoms with Crippen LogP contribution in [0.5, 0.6) is 5.75 Å². The van der Waals surface area contributed by atoms with Crippen LogP contribution in [0.3, 0.4) is 0 Å². The van der Waals surface area contributed by atoms with Gasteiger partial charge in [-0.15, -0.1) is 0 Å². The van der Waals surface area contributed by atoms with Crippen molar-refractivity contribution in [3.8, 4) is 5.75 Å². The molecular formula is C18H28N2O3. The van der Waals surface area contributed by atoms with Crippen molar-refractivity contribution in [2.45, 2.75) is 57.7 Å². The number of ether oxygens (including phenoxy) is 2. The normalized spacial score (nSPS) is 16.8. The summed E-state index contributed by atoms with van der Waals surface area (Å²) in [5.41, 5.74) is 6.15. The van der Waals surface area contributed by atoms with Gasteiger partial charge in [0.1, 0.15) is 18.5 Å². The summed E-state index contributed by atoms with van der Waals surface area (Å²) in [5, 5.41) is 2.92. The zero-order valence-electron chi connectivity index (χ0n) is 13.9. The Bertz CT molecular complexity index is 470. The van der Waals surface area contributed by atoms with E-state index in [0.29, 0.717) is 19.6 Å². The van der Waals surface area contributed by atoms with Crippen LogP contribution < -0.4 is 15.8 Å². The lowest BCUT2D eigenvalue weighted by Crippen LogP contribution is -2.34. The second kappa shape index (κ2) is 9.53. The second-order valence-corrected chi connectivity index (χ2v) is 5.94. The van der Waals surface area contributed by atoms with E-state index >= 15 is 0 Å². The maximum Gasteiger partial charge on any atom is 0.253 e. The fourth-order valence-corrected chi connectivity index (χ4v) is 2.81. The molecule has 5 heteroatoms. The van der Waals surface area contributed by atoms with Crippen LogP contribution in [-0.2, 0) is 9.53 Å². The SMILES string of the molecule is CCC(OC1CCCCC1)C(=O)Nc1ccc(OCCN)cc1. The molecule has 23 heavy (non-hydrogen) atoms. The molecule has 1 aliphatic carbocycles. The Hall–Kier alpha value is -1.59. The maximum absolute atomic E-state index is 12.4. The highest BCUT2D eigenvalue weighted by atomic mass is 16.5. The third-order valence-electron chi connectivity index (χ3n) is 4.08. The summed E-state index contributed by atoms with van der Waals surface area (Å²) in [6.07, 6.45) is 6.34. The monoisotopic (exact) mass is 320 g/mol. The Morgan fingerprint density at radius 2 is 1.96 bits per heavy atom. The molecule has 1 amide bonds. The Morgan fingerprint density at radius 1 is 1.26 bits per heavy atom. The fraction of sp³-hybridized carbons (Fsp3) is 0.611. The maximum atomic E-state index is 12.4. The molecule has 1 aromatic rings. The molecule has 2 rings (SSSR count). The molecule has 0 spiro atoms. The lowest BCUT2D eigenvalue weighted by molar-refractivity contribution is -0.132. The van der Waals surface area contributed by atoms with E-state index in [2.05, 4.69) is 5.32 Å². The first kappa shape index (κ1) is 17.8. The molecule has 0 aliphatic heterocycles. The molecular weight excluding hydrogens is 292 g/mol. The van der Waals surface area contributed by atoms with Crippen molar-refractivity contribution in [3.05, 3.63) is 24.3 Å². The van der Waals surface area contributed by atoms with Gasteiger partial charge >= 0.3 is 0 Å². The summed E-state index contributed by atoms with van der Waals surface area (Å²) >= 11 is 0. The molecule has 1 aliphatic rings. The first-order valence-electron chi connectivity index (χ1n) is 8.62. The molecule has 5 nitrogen and oxygen atoms in total. The lowest BCUT2D eigenvalue weighted by atomic mass is 9.97. The van der Waals surface area contributed by atoms with Gasteiger partial charge < -0.3 is 20.5 Å². The number of carbonyl (C=O) groups excluding carboxylic acids is 1. The number of carbonyl (C=O) groups is 1. The predicted octanol–water partition coefficient (Wildman–Crippen LogP) is 3.09. The summed E-state index contributed by atoms with van der Waals surface area (Å²) in [7, 11) is 0. The minimum Gasteiger partial charge on any atom is -0.492 e. The standard InChI is InChI=1S/C18H28N2O3/c1-2-17(23-16-6-4-3-5-7-16)18(21)20-14-8-10-15(11-9-14)22-13-12-19/h8-11,16-17H,2-7,12-13,19H2,1H3,(H,20,21). The van der Waals surface area contributed by atoms with Crippen molar-refractivity contribution in [1.82, 2.24) is 0 Å². The lowest BCUT2D eigenvalue weighted by Gasteiger charge is -2.26. The molecule has 0 bridgehead atoms. The molecule has 1 aromatic carbocycles. The summed E-state index contributed by atoms with van der Waals surface area (Å²) in [4.78, 5) is 12.4. The number of amides is 1. The smallest absolute Gasteiger partial charge is 0.253 e. The van der Waals surface area contributed by atoms with Crippen molar-refractivity contribution in [1.29, 1.82) is 0 Å². The van der Waals surface area contributed by atoms with Crippen molar-refractivity contribution < 1.29 is 14.3 Å². The van der Waals surface area contributed by atoms with Crippen LogP contribution in [0, 0.1) is 0 Å². The quantitative estimate of drug-likeness (QED) is 0.772. The zero-order valence-corrected chi connectivity index (χ0v) is 13.9. The third kappa shape index (κ3) is 5.84. The van der Waals surface area contributed by atoms with Crippen LogP contribution in [0.1, 0.15) is 45.4 Å². The average molecular weight is 320 g/mol. The van der Waals surface area contributed by atoms with Gasteiger partial charge in [0.25, 0.3) is 5.91 Å². The van der Waals surface area contributed by atoms with Crippen molar-refractivity contribution in [2.75, 3.05) is 18.5 Å². The van der Waals surface area contributed by atoms with Gasteiger partial charge in [-0.1, -0.05) is 26.2 Å². The van der Waals surface area contributed by atoms with Gasteiger partial charge in [0.2, 0.25) is 0 Å². The third-order valence-corrected chi connectivity index (χ3v) is 4.08. The van der Waals surface area contributed by atoms with Gasteiger partial charge in [-0.2, -0.15) is 0 Å². The number of nitrogens with two attached hydrogens (primary N) is 1. The van der Waals surface area contributed by atoms with E-state index in [9.17, 15) is 4.79 Å². The van der Waals surface area contributed by atoms with E-state index in [1.165, 1.54) is 19.3 Å². The van der Waals surface area contributed by atoms with E-state index in [1.807, 2.05) is 31.2 Å². The highest BCUT2D eigenvalue weighted by Crippen LogP contribution is 2.23. The summed E-state index contributed by atoms with van der Waals surface area (Å²) in [6, 6.07) is 7.32. The predicted molar refractivity (Wildman–Crippen MR) is 91.7 cm³/mol. The molecule has 1 unspecified atom stereocenters. The molecule has 0 radical (unpaired) electrons. The molecule has 1 atom stereocenters. The topological polar surface area (TPSA) is 73.6 Å². The Labute approximate surface area is 138 Å². The fourth-order valence-electron chi connectivity index (χ4n) is 2.81. The van der Waals surface area contributed by atoms with Crippen LogP contribution in [-0.4, -0.2) is 31.3 Å². The van der Waals surface area contributed by atoms with Crippen molar-refractivity contribution in [3.63, 3.8) is 0 Å². The van der Waals surface area contributed by atoms with E-state index in [0.717, 1.165) is 24.3 Å². The number of anilines is 1. The molecule has 3 N–H and O–H groups in total. The van der Waals surface area contributed by atoms with E-state index in [4.69, 9.17) is 15.2 Å². The largest absolute Gasteiger partial charge is 0.492 e. The number of benzene rings is 1. The first-order chi connectivity index (χ1) is 11.2. The number of nitrogens with one attached hydrogen (secondary N) is 1. The van der Waals surface area contributed by atoms with Gasteiger partial charge in [0.05, 0.1) is 6.10 Å². The molecule has 1 saturated carbocycles. The van der Waals surface area contributed by atoms with E-state index in [1.54, 1.807) is 0 Å². The van der Waals surface area contributed by atoms with Crippen LogP contribution in [0.4, 0.5) is 5.69 Å². The molecule has 0 heterocycles. The van der Waals surface area contributed by atoms with Crippen LogP contribution in [0.2, 0.25) is 0 Å². The van der Waals surface area contributed by atoms with Crippen LogP contribution in [0.25, 0.3) is 0 Å². The van der Waals surface area contributed by atoms with Crippen molar-refractivity contribution >= 4 is 11.6 Å². The van der Waals surface area contributed by atoms with Crippen molar-refractivity contribution in [2.24, 2.45) is 5.73 Å².